The minimum atomic E-state index is -0.0999. The van der Waals surface area contributed by atoms with Gasteiger partial charge in [0.25, 0.3) is 5.91 Å². The molecule has 0 unspecified atom stereocenters. The number of aliphatic hydroxyl groups excluding tert-OH is 1. The standard InChI is InChI=1S/C14H24N4O2/c1-3-5-12-9-11(10-13(16-12)17-15)14(20)18(6-4-2)7-8-19/h9-10,19H,3-8,15H2,1-2H3,(H,16,17). The first-order chi connectivity index (χ1) is 9.65. The average molecular weight is 280 g/mol. The lowest BCUT2D eigenvalue weighted by molar-refractivity contribution is 0.0722. The predicted octanol–water partition coefficient (Wildman–Crippen LogP) is 1.16. The SMILES string of the molecule is CCCc1cc(C(=O)N(CCC)CCO)cc(NN)n1. The van der Waals surface area contributed by atoms with Crippen molar-refractivity contribution in [2.24, 2.45) is 5.84 Å². The molecule has 112 valence electrons. The Kier molecular flexibility index (Phi) is 6.97. The molecule has 20 heavy (non-hydrogen) atoms. The number of hydrogen-bond acceptors (Lipinski definition) is 5. The number of anilines is 1. The van der Waals surface area contributed by atoms with Gasteiger partial charge in [-0.3, -0.25) is 4.79 Å². The minimum absolute atomic E-state index is 0.0410. The number of hydrazine groups is 1. The first-order valence-corrected chi connectivity index (χ1v) is 7.03. The lowest BCUT2D eigenvalue weighted by Gasteiger charge is -2.21. The Morgan fingerprint density at radius 2 is 2.10 bits per heavy atom. The number of aromatic nitrogens is 1. The summed E-state index contributed by atoms with van der Waals surface area (Å²) in [5, 5.41) is 9.06. The molecule has 1 heterocycles. The number of carbonyl (C=O) groups excluding carboxylic acids is 1. The van der Waals surface area contributed by atoms with Crippen molar-refractivity contribution < 1.29 is 9.90 Å². The molecule has 0 aromatic carbocycles. The van der Waals surface area contributed by atoms with Crippen LogP contribution < -0.4 is 11.3 Å². The second kappa shape index (κ2) is 8.50. The first kappa shape index (κ1) is 16.4. The number of carbonyl (C=O) groups is 1. The molecule has 0 aliphatic carbocycles. The van der Waals surface area contributed by atoms with Gasteiger partial charge in [-0.1, -0.05) is 20.3 Å². The van der Waals surface area contributed by atoms with Gasteiger partial charge < -0.3 is 15.4 Å². The fourth-order valence-corrected chi connectivity index (χ4v) is 2.06. The highest BCUT2D eigenvalue weighted by Crippen LogP contribution is 2.14. The molecule has 0 bridgehead atoms. The third kappa shape index (κ3) is 4.47. The van der Waals surface area contributed by atoms with Crippen molar-refractivity contribution in [1.82, 2.24) is 9.88 Å². The summed E-state index contributed by atoms with van der Waals surface area (Å²) in [4.78, 5) is 18.4. The molecule has 0 atom stereocenters. The molecule has 0 saturated carbocycles. The summed E-state index contributed by atoms with van der Waals surface area (Å²) in [5.74, 6) is 5.79. The molecule has 0 spiro atoms. The van der Waals surface area contributed by atoms with E-state index in [1.165, 1.54) is 0 Å². The fraction of sp³-hybridized carbons (Fsp3) is 0.571. The molecule has 0 saturated heterocycles. The van der Waals surface area contributed by atoms with E-state index >= 15 is 0 Å². The van der Waals surface area contributed by atoms with Crippen LogP contribution in [0.25, 0.3) is 0 Å². The van der Waals surface area contributed by atoms with Gasteiger partial charge in [0.05, 0.1) is 6.61 Å². The van der Waals surface area contributed by atoms with Gasteiger partial charge in [0.1, 0.15) is 5.82 Å². The van der Waals surface area contributed by atoms with Gasteiger partial charge in [-0.2, -0.15) is 0 Å². The van der Waals surface area contributed by atoms with Crippen molar-refractivity contribution in [2.75, 3.05) is 25.1 Å². The van der Waals surface area contributed by atoms with Gasteiger partial charge in [0.2, 0.25) is 0 Å². The zero-order chi connectivity index (χ0) is 15.0. The number of nitrogens with one attached hydrogen (secondary N) is 1. The second-order valence-electron chi connectivity index (χ2n) is 4.64. The number of pyridine rings is 1. The normalized spacial score (nSPS) is 10.4. The van der Waals surface area contributed by atoms with Crippen LogP contribution in [-0.2, 0) is 6.42 Å². The van der Waals surface area contributed by atoms with E-state index in [-0.39, 0.29) is 12.5 Å². The maximum atomic E-state index is 12.5. The zero-order valence-electron chi connectivity index (χ0n) is 12.2. The van der Waals surface area contributed by atoms with Gasteiger partial charge in [-0.05, 0) is 25.0 Å². The average Bonchev–Trinajstić information content (AvgIpc) is 2.46. The summed E-state index contributed by atoms with van der Waals surface area (Å²) < 4.78 is 0. The Labute approximate surface area is 120 Å². The van der Waals surface area contributed by atoms with E-state index in [4.69, 9.17) is 10.9 Å². The second-order valence-corrected chi connectivity index (χ2v) is 4.64. The van der Waals surface area contributed by atoms with Crippen LogP contribution in [0.15, 0.2) is 12.1 Å². The molecule has 1 amide bonds. The minimum Gasteiger partial charge on any atom is -0.395 e. The summed E-state index contributed by atoms with van der Waals surface area (Å²) in [7, 11) is 0. The molecule has 0 fully saturated rings. The van der Waals surface area contributed by atoms with Crippen LogP contribution in [0.4, 0.5) is 5.82 Å². The number of aryl methyl sites for hydroxylation is 1. The van der Waals surface area contributed by atoms with Gasteiger partial charge in [-0.15, -0.1) is 0 Å². The zero-order valence-corrected chi connectivity index (χ0v) is 12.2. The third-order valence-corrected chi connectivity index (χ3v) is 2.93. The van der Waals surface area contributed by atoms with Crippen molar-refractivity contribution in [1.29, 1.82) is 0 Å². The van der Waals surface area contributed by atoms with Crippen LogP contribution in [0.1, 0.15) is 42.7 Å². The maximum Gasteiger partial charge on any atom is 0.254 e. The molecule has 0 aliphatic rings. The number of aliphatic hydroxyl groups is 1. The summed E-state index contributed by atoms with van der Waals surface area (Å²) in [6, 6.07) is 3.44. The maximum absolute atomic E-state index is 12.5. The van der Waals surface area contributed by atoms with Gasteiger partial charge >= 0.3 is 0 Å². The first-order valence-electron chi connectivity index (χ1n) is 7.03. The number of amides is 1. The predicted molar refractivity (Wildman–Crippen MR) is 79.3 cm³/mol. The summed E-state index contributed by atoms with van der Waals surface area (Å²) in [6.07, 6.45) is 2.59. The molecule has 6 heteroatoms. The molecule has 1 aromatic heterocycles. The van der Waals surface area contributed by atoms with Gasteiger partial charge in [-0.25, -0.2) is 10.8 Å². The Morgan fingerprint density at radius 3 is 2.65 bits per heavy atom. The van der Waals surface area contributed by atoms with E-state index in [0.29, 0.717) is 24.5 Å². The molecule has 6 nitrogen and oxygen atoms in total. The lowest BCUT2D eigenvalue weighted by Crippen LogP contribution is -2.34. The van der Waals surface area contributed by atoms with E-state index < -0.39 is 0 Å². The molecule has 0 radical (unpaired) electrons. The summed E-state index contributed by atoms with van der Waals surface area (Å²) in [6.45, 7) is 4.97. The molecule has 0 aliphatic heterocycles. The molecule has 1 aromatic rings. The Hall–Kier alpha value is -1.66. The quantitative estimate of drug-likeness (QED) is 0.491. The smallest absolute Gasteiger partial charge is 0.254 e. The number of hydrogen-bond donors (Lipinski definition) is 3. The number of nitrogens with zero attached hydrogens (tertiary/aromatic N) is 2. The molecular formula is C14H24N4O2. The van der Waals surface area contributed by atoms with E-state index in [2.05, 4.69) is 17.3 Å². The monoisotopic (exact) mass is 280 g/mol. The van der Waals surface area contributed by atoms with Crippen molar-refractivity contribution in [3.05, 3.63) is 23.4 Å². The highest BCUT2D eigenvalue weighted by atomic mass is 16.3. The van der Waals surface area contributed by atoms with E-state index in [1.807, 2.05) is 6.92 Å². The van der Waals surface area contributed by atoms with Crippen molar-refractivity contribution in [3.63, 3.8) is 0 Å². The lowest BCUT2D eigenvalue weighted by atomic mass is 10.1. The van der Waals surface area contributed by atoms with Crippen molar-refractivity contribution >= 4 is 11.7 Å². The van der Waals surface area contributed by atoms with Crippen LogP contribution in [0.2, 0.25) is 0 Å². The summed E-state index contributed by atoms with van der Waals surface area (Å²) in [5.41, 5.74) is 3.89. The molecule has 4 N–H and O–H groups in total. The van der Waals surface area contributed by atoms with Crippen molar-refractivity contribution in [2.45, 2.75) is 33.1 Å². The van der Waals surface area contributed by atoms with Crippen LogP contribution in [0, 0.1) is 0 Å². The highest BCUT2D eigenvalue weighted by Gasteiger charge is 2.16. The van der Waals surface area contributed by atoms with Gasteiger partial charge in [0.15, 0.2) is 0 Å². The third-order valence-electron chi connectivity index (χ3n) is 2.93. The largest absolute Gasteiger partial charge is 0.395 e. The molecule has 1 rings (SSSR count). The number of rotatable bonds is 8. The Morgan fingerprint density at radius 1 is 1.35 bits per heavy atom. The van der Waals surface area contributed by atoms with E-state index in [0.717, 1.165) is 25.0 Å². The van der Waals surface area contributed by atoms with Crippen LogP contribution in [-0.4, -0.2) is 40.6 Å². The van der Waals surface area contributed by atoms with Crippen LogP contribution in [0.5, 0.6) is 0 Å². The van der Waals surface area contributed by atoms with Crippen molar-refractivity contribution in [3.8, 4) is 0 Å². The van der Waals surface area contributed by atoms with Gasteiger partial charge in [0, 0.05) is 24.3 Å². The number of nitrogens with two attached hydrogens (primary N) is 1. The number of nitrogen functional groups attached to an aromatic ring is 1. The fourth-order valence-electron chi connectivity index (χ4n) is 2.06. The molecular weight excluding hydrogens is 256 g/mol. The van der Waals surface area contributed by atoms with E-state index in [9.17, 15) is 4.79 Å². The van der Waals surface area contributed by atoms with Crippen LogP contribution >= 0.6 is 0 Å². The Bertz CT molecular complexity index is 431. The highest BCUT2D eigenvalue weighted by molar-refractivity contribution is 5.95. The Balaban J connectivity index is 3.02. The van der Waals surface area contributed by atoms with E-state index in [1.54, 1.807) is 17.0 Å². The topological polar surface area (TPSA) is 91.5 Å². The van der Waals surface area contributed by atoms with Crippen LogP contribution in [0.3, 0.4) is 0 Å². The summed E-state index contributed by atoms with van der Waals surface area (Å²) >= 11 is 0.